The lowest BCUT2D eigenvalue weighted by atomic mass is 9.48. The molecule has 0 saturated heterocycles. The zero-order valence-electron chi connectivity index (χ0n) is 11.7. The van der Waals surface area contributed by atoms with E-state index >= 15 is 0 Å². The molecule has 114 valence electrons. The highest BCUT2D eigenvalue weighted by Crippen LogP contribution is 2.66. The third-order valence-electron chi connectivity index (χ3n) is 5.94. The molecule has 4 aliphatic carbocycles. The first-order chi connectivity index (χ1) is 9.97. The molecule has 1 unspecified atom stereocenters. The average molecular weight is 376 g/mol. The van der Waals surface area contributed by atoms with Gasteiger partial charge in [0, 0.05) is 9.85 Å². The fraction of sp³-hybridized carbons (Fsp3) is 0.647. The molecule has 0 aliphatic heterocycles. The molecule has 4 fully saturated rings. The predicted octanol–water partition coefficient (Wildman–Crippen LogP) is 6.27. The maximum absolute atomic E-state index is 13.6. The highest BCUT2D eigenvalue weighted by molar-refractivity contribution is 9.09. The zero-order chi connectivity index (χ0) is 14.8. The van der Waals surface area contributed by atoms with Crippen LogP contribution in [0.15, 0.2) is 12.1 Å². The standard InChI is InChI=1S/C17H18BrClF2/c18-16(12-4-14(20)15(21)5-13(12)19)17-6-9-1-10(7-17)3-11(2-9)8-17/h4-5,9-11,16H,1-3,6-8H2. The van der Waals surface area contributed by atoms with E-state index in [2.05, 4.69) is 15.9 Å². The van der Waals surface area contributed by atoms with Crippen molar-refractivity contribution in [1.82, 2.24) is 0 Å². The Bertz CT molecular complexity index is 551. The smallest absolute Gasteiger partial charge is 0.160 e. The van der Waals surface area contributed by atoms with Crippen LogP contribution < -0.4 is 0 Å². The molecule has 4 heteroatoms. The Kier molecular flexibility index (Phi) is 3.39. The van der Waals surface area contributed by atoms with Gasteiger partial charge in [0.25, 0.3) is 0 Å². The van der Waals surface area contributed by atoms with E-state index in [1.807, 2.05) is 0 Å². The number of hydrogen-bond acceptors (Lipinski definition) is 0. The highest BCUT2D eigenvalue weighted by Gasteiger charge is 2.54. The maximum Gasteiger partial charge on any atom is 0.160 e. The molecular weight excluding hydrogens is 358 g/mol. The SMILES string of the molecule is Fc1cc(Cl)c(C(Br)C23CC4CC(CC(C4)C2)C3)cc1F. The Hall–Kier alpha value is -0.150. The molecule has 4 saturated carbocycles. The molecule has 4 aliphatic rings. The molecule has 0 spiro atoms. The van der Waals surface area contributed by atoms with Crippen LogP contribution in [0.2, 0.25) is 5.02 Å². The highest BCUT2D eigenvalue weighted by atomic mass is 79.9. The van der Waals surface area contributed by atoms with Crippen molar-refractivity contribution < 1.29 is 8.78 Å². The summed E-state index contributed by atoms with van der Waals surface area (Å²) in [4.78, 5) is 0.0287. The Morgan fingerprint density at radius 1 is 1.00 bits per heavy atom. The number of rotatable bonds is 2. The summed E-state index contributed by atoms with van der Waals surface area (Å²) in [6, 6.07) is 2.40. The summed E-state index contributed by atoms with van der Waals surface area (Å²) in [5.74, 6) is 0.790. The van der Waals surface area contributed by atoms with Gasteiger partial charge in [0.2, 0.25) is 0 Å². The molecule has 5 rings (SSSR count). The number of alkyl halides is 1. The van der Waals surface area contributed by atoms with Crippen LogP contribution in [-0.2, 0) is 0 Å². The van der Waals surface area contributed by atoms with Crippen molar-refractivity contribution >= 4 is 27.5 Å². The summed E-state index contributed by atoms with van der Waals surface area (Å²) in [5.41, 5.74) is 0.903. The quantitative estimate of drug-likeness (QED) is 0.422. The predicted molar refractivity (Wildman–Crippen MR) is 83.6 cm³/mol. The van der Waals surface area contributed by atoms with Gasteiger partial charge >= 0.3 is 0 Å². The fourth-order valence-electron chi connectivity index (χ4n) is 5.55. The largest absolute Gasteiger partial charge is 0.204 e. The first-order valence-corrected chi connectivity index (χ1v) is 9.05. The van der Waals surface area contributed by atoms with E-state index in [1.54, 1.807) is 0 Å². The molecule has 0 radical (unpaired) electrons. The van der Waals surface area contributed by atoms with E-state index in [4.69, 9.17) is 11.6 Å². The average Bonchev–Trinajstić information content (AvgIpc) is 2.40. The summed E-state index contributed by atoms with van der Waals surface area (Å²) in [5, 5.41) is 0.339. The molecule has 0 nitrogen and oxygen atoms in total. The monoisotopic (exact) mass is 374 g/mol. The minimum atomic E-state index is -0.867. The van der Waals surface area contributed by atoms with Gasteiger partial charge in [-0.25, -0.2) is 8.78 Å². The van der Waals surface area contributed by atoms with E-state index < -0.39 is 11.6 Å². The second-order valence-electron chi connectivity index (χ2n) is 7.43. The Labute approximate surface area is 137 Å². The normalized spacial score (nSPS) is 38.8. The maximum atomic E-state index is 13.6. The van der Waals surface area contributed by atoms with E-state index in [0.717, 1.165) is 29.4 Å². The second-order valence-corrected chi connectivity index (χ2v) is 8.75. The van der Waals surface area contributed by atoms with Gasteiger partial charge in [-0.3, -0.25) is 0 Å². The lowest BCUT2D eigenvalue weighted by Crippen LogP contribution is -2.47. The lowest BCUT2D eigenvalue weighted by Gasteiger charge is -2.58. The molecule has 0 amide bonds. The Morgan fingerprint density at radius 3 is 2.00 bits per heavy atom. The molecule has 0 aromatic heterocycles. The minimum absolute atomic E-state index is 0.0287. The van der Waals surface area contributed by atoms with Gasteiger partial charge in [0.1, 0.15) is 0 Å². The van der Waals surface area contributed by atoms with Crippen LogP contribution in [0.4, 0.5) is 8.78 Å². The molecule has 0 N–H and O–H groups in total. The molecule has 21 heavy (non-hydrogen) atoms. The van der Waals surface area contributed by atoms with Crippen LogP contribution in [0.25, 0.3) is 0 Å². The topological polar surface area (TPSA) is 0 Å². The summed E-state index contributed by atoms with van der Waals surface area (Å²) < 4.78 is 26.9. The van der Waals surface area contributed by atoms with Crippen LogP contribution >= 0.6 is 27.5 Å². The van der Waals surface area contributed by atoms with Gasteiger partial charge in [-0.05, 0) is 79.4 Å². The molecule has 1 aromatic carbocycles. The molecule has 4 bridgehead atoms. The first-order valence-electron chi connectivity index (χ1n) is 7.75. The van der Waals surface area contributed by atoms with Crippen LogP contribution in [0.5, 0.6) is 0 Å². The second kappa shape index (κ2) is 4.92. The van der Waals surface area contributed by atoms with E-state index in [9.17, 15) is 8.78 Å². The summed E-state index contributed by atoms with van der Waals surface area (Å²) in [6.07, 6.45) is 7.69. The van der Waals surface area contributed by atoms with Crippen LogP contribution in [0.1, 0.15) is 48.9 Å². The van der Waals surface area contributed by atoms with Crippen LogP contribution in [-0.4, -0.2) is 0 Å². The molecule has 1 atom stereocenters. The molecule has 1 aromatic rings. The van der Waals surface area contributed by atoms with Crippen molar-refractivity contribution in [3.8, 4) is 0 Å². The third kappa shape index (κ3) is 2.26. The number of benzene rings is 1. The zero-order valence-corrected chi connectivity index (χ0v) is 14.1. The van der Waals surface area contributed by atoms with Gasteiger partial charge in [-0.2, -0.15) is 0 Å². The van der Waals surface area contributed by atoms with Gasteiger partial charge < -0.3 is 0 Å². The van der Waals surface area contributed by atoms with Crippen molar-refractivity contribution in [3.05, 3.63) is 34.4 Å². The van der Waals surface area contributed by atoms with Gasteiger partial charge in [-0.15, -0.1) is 0 Å². The number of hydrogen-bond donors (Lipinski definition) is 0. The third-order valence-corrected chi connectivity index (χ3v) is 7.73. The molecular formula is C17H18BrClF2. The van der Waals surface area contributed by atoms with E-state index in [0.29, 0.717) is 5.02 Å². The van der Waals surface area contributed by atoms with Gasteiger partial charge in [-0.1, -0.05) is 27.5 Å². The van der Waals surface area contributed by atoms with E-state index in [-0.39, 0.29) is 10.2 Å². The van der Waals surface area contributed by atoms with Gasteiger partial charge in [0.15, 0.2) is 11.6 Å². The minimum Gasteiger partial charge on any atom is -0.204 e. The van der Waals surface area contributed by atoms with Crippen molar-refractivity contribution in [2.75, 3.05) is 0 Å². The summed E-state index contributed by atoms with van der Waals surface area (Å²) >= 11 is 10.0. The first kappa shape index (κ1) is 14.4. The van der Waals surface area contributed by atoms with Crippen LogP contribution in [0.3, 0.4) is 0 Å². The van der Waals surface area contributed by atoms with Crippen molar-refractivity contribution in [1.29, 1.82) is 0 Å². The molecule has 0 heterocycles. The fourth-order valence-corrected chi connectivity index (χ4v) is 6.88. The van der Waals surface area contributed by atoms with Crippen molar-refractivity contribution in [2.24, 2.45) is 23.2 Å². The summed E-state index contributed by atoms with van der Waals surface area (Å²) in [7, 11) is 0. The summed E-state index contributed by atoms with van der Waals surface area (Å²) in [6.45, 7) is 0. The van der Waals surface area contributed by atoms with E-state index in [1.165, 1.54) is 44.6 Å². The number of halogens is 4. The van der Waals surface area contributed by atoms with Crippen LogP contribution in [0, 0.1) is 34.8 Å². The van der Waals surface area contributed by atoms with Crippen molar-refractivity contribution in [3.63, 3.8) is 0 Å². The Balaban J connectivity index is 1.71. The van der Waals surface area contributed by atoms with Crippen molar-refractivity contribution in [2.45, 2.75) is 43.4 Å². The Morgan fingerprint density at radius 2 is 1.48 bits per heavy atom. The lowest BCUT2D eigenvalue weighted by molar-refractivity contribution is -0.0528. The van der Waals surface area contributed by atoms with Gasteiger partial charge in [0.05, 0.1) is 0 Å².